The van der Waals surface area contributed by atoms with Gasteiger partial charge in [-0.25, -0.2) is 4.98 Å². The van der Waals surface area contributed by atoms with Gasteiger partial charge in [-0.05, 0) is 13.3 Å². The Morgan fingerprint density at radius 2 is 2.14 bits per heavy atom. The monoisotopic (exact) mass is 231 g/mol. The second-order valence-electron chi connectivity index (χ2n) is 4.70. The molecule has 1 rings (SSSR count). The van der Waals surface area contributed by atoms with E-state index in [0.717, 1.165) is 12.8 Å². The van der Waals surface area contributed by atoms with Gasteiger partial charge in [-0.15, -0.1) is 22.9 Å². The highest BCUT2D eigenvalue weighted by atomic mass is 35.5. The summed E-state index contributed by atoms with van der Waals surface area (Å²) < 4.78 is 0. The molecule has 0 amide bonds. The molecule has 1 aromatic rings. The van der Waals surface area contributed by atoms with Crippen LogP contribution in [0.4, 0.5) is 0 Å². The van der Waals surface area contributed by atoms with E-state index in [1.807, 2.05) is 6.92 Å². The first-order valence-electron chi connectivity index (χ1n) is 4.98. The van der Waals surface area contributed by atoms with E-state index < -0.39 is 0 Å². The minimum absolute atomic E-state index is 0.168. The van der Waals surface area contributed by atoms with Crippen LogP contribution in [-0.4, -0.2) is 10.4 Å². The van der Waals surface area contributed by atoms with Gasteiger partial charge in [0.25, 0.3) is 0 Å². The number of hydrogen-bond acceptors (Lipinski definition) is 2. The predicted octanol–water partition coefficient (Wildman–Crippen LogP) is 4.00. The van der Waals surface area contributed by atoms with Crippen LogP contribution in [0, 0.1) is 0 Å². The molecule has 0 radical (unpaired) electrons. The maximum absolute atomic E-state index is 5.90. The zero-order valence-electron chi connectivity index (χ0n) is 9.30. The van der Waals surface area contributed by atoms with Crippen molar-refractivity contribution < 1.29 is 0 Å². The number of thiazole rings is 1. The van der Waals surface area contributed by atoms with Crippen molar-refractivity contribution in [2.24, 2.45) is 0 Å². The van der Waals surface area contributed by atoms with Crippen LogP contribution in [0.1, 0.15) is 44.8 Å². The Kier molecular flexibility index (Phi) is 3.96. The minimum Gasteiger partial charge on any atom is -0.246 e. The summed E-state index contributed by atoms with van der Waals surface area (Å²) in [5.74, 6) is 0. The molecular weight excluding hydrogens is 214 g/mol. The molecular formula is C11H18ClNS. The topological polar surface area (TPSA) is 12.9 Å². The van der Waals surface area contributed by atoms with Crippen molar-refractivity contribution in [3.05, 3.63) is 16.1 Å². The first-order valence-corrected chi connectivity index (χ1v) is 6.30. The number of aryl methyl sites for hydroxylation is 1. The molecule has 1 heterocycles. The predicted molar refractivity (Wildman–Crippen MR) is 64.5 cm³/mol. The lowest BCUT2D eigenvalue weighted by Gasteiger charge is -2.14. The Balaban J connectivity index is 2.60. The average molecular weight is 232 g/mol. The highest BCUT2D eigenvalue weighted by Crippen LogP contribution is 2.24. The van der Waals surface area contributed by atoms with Crippen LogP contribution < -0.4 is 0 Å². The van der Waals surface area contributed by atoms with Crippen LogP contribution in [-0.2, 0) is 11.8 Å². The summed E-state index contributed by atoms with van der Waals surface area (Å²) in [6, 6.07) is 0. The second-order valence-corrected chi connectivity index (χ2v) is 6.38. The molecule has 0 spiro atoms. The van der Waals surface area contributed by atoms with E-state index in [2.05, 4.69) is 31.1 Å². The summed E-state index contributed by atoms with van der Waals surface area (Å²) in [5.41, 5.74) is 1.36. The quantitative estimate of drug-likeness (QED) is 0.717. The van der Waals surface area contributed by atoms with Crippen molar-refractivity contribution in [2.75, 3.05) is 0 Å². The minimum atomic E-state index is 0.168. The van der Waals surface area contributed by atoms with Gasteiger partial charge in [0, 0.05) is 22.6 Å². The molecule has 0 saturated carbocycles. The van der Waals surface area contributed by atoms with E-state index in [9.17, 15) is 0 Å². The summed E-state index contributed by atoms with van der Waals surface area (Å²) in [7, 11) is 0. The van der Waals surface area contributed by atoms with Gasteiger partial charge in [0.15, 0.2) is 0 Å². The molecule has 0 aliphatic carbocycles. The van der Waals surface area contributed by atoms with Crippen LogP contribution in [0.15, 0.2) is 5.38 Å². The van der Waals surface area contributed by atoms with Crippen molar-refractivity contribution >= 4 is 22.9 Å². The Bertz CT molecular complexity index is 286. The fourth-order valence-electron chi connectivity index (χ4n) is 1.09. The third kappa shape index (κ3) is 3.58. The molecule has 0 aliphatic heterocycles. The third-order valence-corrected chi connectivity index (χ3v) is 3.20. The van der Waals surface area contributed by atoms with E-state index in [1.165, 1.54) is 10.7 Å². The van der Waals surface area contributed by atoms with Gasteiger partial charge in [-0.2, -0.15) is 0 Å². The molecule has 0 bridgehead atoms. The lowest BCUT2D eigenvalue weighted by atomic mass is 9.93. The summed E-state index contributed by atoms with van der Waals surface area (Å²) >= 11 is 7.65. The summed E-state index contributed by atoms with van der Waals surface area (Å²) in [4.78, 5) is 4.61. The average Bonchev–Trinajstić information content (AvgIpc) is 2.47. The largest absolute Gasteiger partial charge is 0.246 e. The van der Waals surface area contributed by atoms with Crippen LogP contribution in [0.3, 0.4) is 0 Å². The molecule has 1 atom stereocenters. The molecule has 3 heteroatoms. The molecule has 1 unspecified atom stereocenters. The van der Waals surface area contributed by atoms with E-state index in [4.69, 9.17) is 11.6 Å². The van der Waals surface area contributed by atoms with E-state index in [0.29, 0.717) is 0 Å². The summed E-state index contributed by atoms with van der Waals surface area (Å²) in [6.07, 6.45) is 2.02. The second kappa shape index (κ2) is 4.63. The maximum atomic E-state index is 5.90. The maximum Gasteiger partial charge on any atom is 0.0929 e. The van der Waals surface area contributed by atoms with Crippen molar-refractivity contribution in [3.8, 4) is 0 Å². The number of rotatable bonds is 3. The van der Waals surface area contributed by atoms with Crippen molar-refractivity contribution in [3.63, 3.8) is 0 Å². The molecule has 14 heavy (non-hydrogen) atoms. The number of nitrogens with zero attached hydrogens (tertiary/aromatic N) is 1. The van der Waals surface area contributed by atoms with Gasteiger partial charge in [-0.3, -0.25) is 0 Å². The van der Waals surface area contributed by atoms with E-state index in [-0.39, 0.29) is 10.8 Å². The summed E-state index contributed by atoms with van der Waals surface area (Å²) in [6.45, 7) is 8.60. The Morgan fingerprint density at radius 1 is 1.50 bits per heavy atom. The first kappa shape index (κ1) is 12.0. The van der Waals surface area contributed by atoms with Crippen LogP contribution in [0.2, 0.25) is 0 Å². The molecule has 0 aromatic carbocycles. The third-order valence-electron chi connectivity index (χ3n) is 2.08. The zero-order valence-corrected chi connectivity index (χ0v) is 10.9. The van der Waals surface area contributed by atoms with Crippen molar-refractivity contribution in [1.29, 1.82) is 0 Å². The van der Waals surface area contributed by atoms with E-state index in [1.54, 1.807) is 11.3 Å². The van der Waals surface area contributed by atoms with Gasteiger partial charge in [0.2, 0.25) is 0 Å². The highest BCUT2D eigenvalue weighted by Gasteiger charge is 2.17. The van der Waals surface area contributed by atoms with Gasteiger partial charge >= 0.3 is 0 Å². The van der Waals surface area contributed by atoms with E-state index >= 15 is 0 Å². The lowest BCUT2D eigenvalue weighted by Crippen LogP contribution is -2.11. The first-order chi connectivity index (χ1) is 6.39. The summed E-state index contributed by atoms with van der Waals surface area (Å²) in [5, 5.41) is 3.62. The lowest BCUT2D eigenvalue weighted by molar-refractivity contribution is 0.570. The fraction of sp³-hybridized carbons (Fsp3) is 0.727. The number of aromatic nitrogens is 1. The Morgan fingerprint density at radius 3 is 2.57 bits per heavy atom. The van der Waals surface area contributed by atoms with Gasteiger partial charge in [0.05, 0.1) is 10.7 Å². The van der Waals surface area contributed by atoms with Crippen molar-refractivity contribution in [2.45, 2.75) is 51.3 Å². The van der Waals surface area contributed by atoms with Crippen LogP contribution >= 0.6 is 22.9 Å². The van der Waals surface area contributed by atoms with Gasteiger partial charge < -0.3 is 0 Å². The highest BCUT2D eigenvalue weighted by molar-refractivity contribution is 7.09. The Labute approximate surface area is 95.5 Å². The molecule has 0 N–H and O–H groups in total. The van der Waals surface area contributed by atoms with Gasteiger partial charge in [0.1, 0.15) is 0 Å². The fourth-order valence-corrected chi connectivity index (χ4v) is 2.24. The number of alkyl halides is 1. The van der Waals surface area contributed by atoms with Crippen LogP contribution in [0.25, 0.3) is 0 Å². The smallest absolute Gasteiger partial charge is 0.0929 e. The van der Waals surface area contributed by atoms with Crippen LogP contribution in [0.5, 0.6) is 0 Å². The standard InChI is InChI=1S/C11H18ClNS/c1-8(12)5-6-10-13-9(7-14-10)11(2,3)4/h7-8H,5-6H2,1-4H3. The molecule has 1 nitrogen and oxygen atoms in total. The zero-order chi connectivity index (χ0) is 10.8. The molecule has 0 saturated heterocycles. The molecule has 80 valence electrons. The number of halogens is 1. The number of hydrogen-bond donors (Lipinski definition) is 0. The Hall–Kier alpha value is -0.0800. The SMILES string of the molecule is CC(Cl)CCc1nc(C(C)(C)C)cs1. The molecule has 0 fully saturated rings. The molecule has 0 aliphatic rings. The van der Waals surface area contributed by atoms with Gasteiger partial charge in [-0.1, -0.05) is 20.8 Å². The molecule has 1 aromatic heterocycles. The normalized spacial score (nSPS) is 14.4. The van der Waals surface area contributed by atoms with Crippen molar-refractivity contribution in [1.82, 2.24) is 4.98 Å².